The standard InChI is InChI=1S/C18H31N3O2.ClH/c1-3-18(2)10-14(18)17(23)21-9-5-6-13(12-21)11-20-16(22)15-7-4-8-19-15;/h13-15,19H,3-12H2,1-2H3,(H,20,22);1H. The van der Waals surface area contributed by atoms with E-state index in [1.807, 2.05) is 0 Å². The van der Waals surface area contributed by atoms with Crippen LogP contribution in [0.5, 0.6) is 0 Å². The fraction of sp³-hybridized carbons (Fsp3) is 0.889. The molecule has 6 heteroatoms. The minimum absolute atomic E-state index is 0. The van der Waals surface area contributed by atoms with Crippen LogP contribution < -0.4 is 10.6 Å². The molecular formula is C18H32ClN3O2. The number of carbonyl (C=O) groups excluding carboxylic acids is 2. The maximum absolute atomic E-state index is 12.7. The summed E-state index contributed by atoms with van der Waals surface area (Å²) < 4.78 is 0. The normalized spacial score (nSPS) is 35.2. The summed E-state index contributed by atoms with van der Waals surface area (Å²) in [5.41, 5.74) is 0.242. The number of hydrogen-bond donors (Lipinski definition) is 2. The summed E-state index contributed by atoms with van der Waals surface area (Å²) >= 11 is 0. The first-order valence-electron chi connectivity index (χ1n) is 9.33. The molecule has 0 bridgehead atoms. The van der Waals surface area contributed by atoms with Gasteiger partial charge in [0.1, 0.15) is 0 Å². The third-order valence-electron chi connectivity index (χ3n) is 6.23. The Hall–Kier alpha value is -0.810. The fourth-order valence-electron chi connectivity index (χ4n) is 4.11. The first-order chi connectivity index (χ1) is 11.0. The molecule has 0 spiro atoms. The molecule has 3 aliphatic rings. The number of amides is 2. The van der Waals surface area contributed by atoms with Crippen LogP contribution in [-0.4, -0.2) is 48.9 Å². The molecule has 1 saturated carbocycles. The Bertz CT molecular complexity index is 467. The van der Waals surface area contributed by atoms with Crippen molar-refractivity contribution in [1.29, 1.82) is 0 Å². The predicted octanol–water partition coefficient (Wildman–Crippen LogP) is 1.95. The second-order valence-corrected chi connectivity index (χ2v) is 7.95. The minimum atomic E-state index is -0.00643. The van der Waals surface area contributed by atoms with Gasteiger partial charge < -0.3 is 15.5 Å². The van der Waals surface area contributed by atoms with Gasteiger partial charge in [0.05, 0.1) is 6.04 Å². The second kappa shape index (κ2) is 8.05. The zero-order valence-corrected chi connectivity index (χ0v) is 15.8. The van der Waals surface area contributed by atoms with Gasteiger partial charge in [-0.1, -0.05) is 13.8 Å². The van der Waals surface area contributed by atoms with E-state index in [0.29, 0.717) is 18.4 Å². The van der Waals surface area contributed by atoms with Crippen LogP contribution in [0.15, 0.2) is 0 Å². The molecule has 2 heterocycles. The van der Waals surface area contributed by atoms with Gasteiger partial charge in [0.25, 0.3) is 0 Å². The fourth-order valence-corrected chi connectivity index (χ4v) is 4.11. The Labute approximate surface area is 151 Å². The minimum Gasteiger partial charge on any atom is -0.354 e. The highest BCUT2D eigenvalue weighted by molar-refractivity contribution is 5.85. The lowest BCUT2D eigenvalue weighted by Gasteiger charge is -2.33. The van der Waals surface area contributed by atoms with Crippen LogP contribution in [0.1, 0.15) is 52.4 Å². The van der Waals surface area contributed by atoms with Crippen molar-refractivity contribution in [3.8, 4) is 0 Å². The second-order valence-electron chi connectivity index (χ2n) is 7.95. The van der Waals surface area contributed by atoms with Crippen LogP contribution in [0.4, 0.5) is 0 Å². The molecule has 138 valence electrons. The quantitative estimate of drug-likeness (QED) is 0.790. The van der Waals surface area contributed by atoms with E-state index in [9.17, 15) is 9.59 Å². The summed E-state index contributed by atoms with van der Waals surface area (Å²) in [5, 5.41) is 6.32. The number of rotatable bonds is 5. The first-order valence-corrected chi connectivity index (χ1v) is 9.33. The average molecular weight is 358 g/mol. The van der Waals surface area contributed by atoms with Crippen LogP contribution in [0.3, 0.4) is 0 Å². The molecule has 24 heavy (non-hydrogen) atoms. The van der Waals surface area contributed by atoms with Crippen molar-refractivity contribution < 1.29 is 9.59 Å². The Morgan fingerprint density at radius 1 is 1.29 bits per heavy atom. The Morgan fingerprint density at radius 3 is 2.71 bits per heavy atom. The molecule has 2 amide bonds. The average Bonchev–Trinajstić information content (AvgIpc) is 3.00. The van der Waals surface area contributed by atoms with Crippen molar-refractivity contribution in [2.24, 2.45) is 17.3 Å². The van der Waals surface area contributed by atoms with Gasteiger partial charge in [-0.3, -0.25) is 9.59 Å². The third-order valence-corrected chi connectivity index (χ3v) is 6.23. The lowest BCUT2D eigenvalue weighted by molar-refractivity contribution is -0.135. The van der Waals surface area contributed by atoms with E-state index >= 15 is 0 Å². The van der Waals surface area contributed by atoms with Gasteiger partial charge >= 0.3 is 0 Å². The maximum atomic E-state index is 12.7. The SMILES string of the molecule is CCC1(C)CC1C(=O)N1CCCC(CNC(=O)C2CCCN2)C1.Cl. The molecule has 3 fully saturated rings. The number of carbonyl (C=O) groups is 2. The number of halogens is 1. The van der Waals surface area contributed by atoms with Crippen LogP contribution in [0.25, 0.3) is 0 Å². The van der Waals surface area contributed by atoms with Crippen LogP contribution in [0, 0.1) is 17.3 Å². The molecule has 2 saturated heterocycles. The molecule has 5 nitrogen and oxygen atoms in total. The van der Waals surface area contributed by atoms with Crippen LogP contribution in [-0.2, 0) is 9.59 Å². The highest BCUT2D eigenvalue weighted by atomic mass is 35.5. The van der Waals surface area contributed by atoms with Crippen LogP contribution >= 0.6 is 12.4 Å². The molecule has 2 aliphatic heterocycles. The molecule has 0 radical (unpaired) electrons. The topological polar surface area (TPSA) is 61.4 Å². The zero-order chi connectivity index (χ0) is 16.4. The van der Waals surface area contributed by atoms with E-state index in [2.05, 4.69) is 29.4 Å². The Kier molecular flexibility index (Phi) is 6.54. The van der Waals surface area contributed by atoms with Gasteiger partial charge in [0.2, 0.25) is 11.8 Å². The van der Waals surface area contributed by atoms with E-state index in [-0.39, 0.29) is 35.7 Å². The number of piperidine rings is 1. The van der Waals surface area contributed by atoms with E-state index in [4.69, 9.17) is 0 Å². The molecule has 0 aromatic heterocycles. The molecular weight excluding hydrogens is 326 g/mol. The van der Waals surface area contributed by atoms with Crippen molar-refractivity contribution in [2.75, 3.05) is 26.2 Å². The largest absolute Gasteiger partial charge is 0.354 e. The lowest BCUT2D eigenvalue weighted by atomic mass is 9.96. The number of nitrogens with one attached hydrogen (secondary N) is 2. The third kappa shape index (κ3) is 4.23. The summed E-state index contributed by atoms with van der Waals surface area (Å²) in [6, 6.07) is -0.00643. The molecule has 0 aromatic rings. The predicted molar refractivity (Wildman–Crippen MR) is 97.1 cm³/mol. The number of nitrogens with zero attached hydrogens (tertiary/aromatic N) is 1. The molecule has 2 N–H and O–H groups in total. The van der Waals surface area contributed by atoms with Gasteiger partial charge in [0, 0.05) is 25.6 Å². The van der Waals surface area contributed by atoms with Gasteiger partial charge in [-0.05, 0) is 56.4 Å². The van der Waals surface area contributed by atoms with Crippen molar-refractivity contribution in [3.63, 3.8) is 0 Å². The van der Waals surface area contributed by atoms with Gasteiger partial charge in [0.15, 0.2) is 0 Å². The molecule has 4 unspecified atom stereocenters. The Morgan fingerprint density at radius 2 is 2.08 bits per heavy atom. The number of hydrogen-bond acceptors (Lipinski definition) is 3. The van der Waals surface area contributed by atoms with E-state index < -0.39 is 0 Å². The summed E-state index contributed by atoms with van der Waals surface area (Å²) in [4.78, 5) is 26.8. The summed E-state index contributed by atoms with van der Waals surface area (Å²) in [6.07, 6.45) is 6.33. The van der Waals surface area contributed by atoms with E-state index in [1.165, 1.54) is 0 Å². The van der Waals surface area contributed by atoms with Crippen molar-refractivity contribution >= 4 is 24.2 Å². The van der Waals surface area contributed by atoms with Crippen LogP contribution in [0.2, 0.25) is 0 Å². The van der Waals surface area contributed by atoms with E-state index in [1.54, 1.807) is 0 Å². The summed E-state index contributed by atoms with van der Waals surface area (Å²) in [5.74, 6) is 1.13. The summed E-state index contributed by atoms with van der Waals surface area (Å²) in [7, 11) is 0. The molecule has 1 aliphatic carbocycles. The van der Waals surface area contributed by atoms with Gasteiger partial charge in [-0.25, -0.2) is 0 Å². The molecule has 0 aromatic carbocycles. The maximum Gasteiger partial charge on any atom is 0.237 e. The van der Waals surface area contributed by atoms with Crippen molar-refractivity contribution in [3.05, 3.63) is 0 Å². The molecule has 3 rings (SSSR count). The first kappa shape index (κ1) is 19.5. The lowest BCUT2D eigenvalue weighted by Crippen LogP contribution is -2.47. The number of likely N-dealkylation sites (tertiary alicyclic amines) is 1. The highest BCUT2D eigenvalue weighted by Gasteiger charge is 2.54. The highest BCUT2D eigenvalue weighted by Crippen LogP contribution is 2.55. The zero-order valence-electron chi connectivity index (χ0n) is 15.0. The smallest absolute Gasteiger partial charge is 0.237 e. The van der Waals surface area contributed by atoms with Crippen molar-refractivity contribution in [1.82, 2.24) is 15.5 Å². The summed E-state index contributed by atoms with van der Waals surface area (Å²) in [6.45, 7) is 7.76. The monoisotopic (exact) mass is 357 g/mol. The van der Waals surface area contributed by atoms with E-state index in [0.717, 1.165) is 58.2 Å². The molecule has 4 atom stereocenters. The van der Waals surface area contributed by atoms with Gasteiger partial charge in [-0.15, -0.1) is 12.4 Å². The van der Waals surface area contributed by atoms with Gasteiger partial charge in [-0.2, -0.15) is 0 Å². The van der Waals surface area contributed by atoms with Crippen molar-refractivity contribution in [2.45, 2.75) is 58.4 Å². The Balaban J connectivity index is 0.00000208.